The quantitative estimate of drug-likeness (QED) is 0.616. The predicted octanol–water partition coefficient (Wildman–Crippen LogP) is 2.44. The Balaban J connectivity index is 3.21. The molecule has 0 aliphatic heterocycles. The number of carbonyl (C=O) groups excluding carboxylic acids is 1. The van der Waals surface area contributed by atoms with Crippen LogP contribution < -0.4 is 0 Å². The summed E-state index contributed by atoms with van der Waals surface area (Å²) >= 11 is 1.86. The summed E-state index contributed by atoms with van der Waals surface area (Å²) in [7, 11) is 0. The van der Waals surface area contributed by atoms with Crippen molar-refractivity contribution in [3.05, 3.63) is 27.1 Å². The molecule has 5 heteroatoms. The molecule has 0 saturated heterocycles. The summed E-state index contributed by atoms with van der Waals surface area (Å²) in [4.78, 5) is 13.8. The summed E-state index contributed by atoms with van der Waals surface area (Å²) in [5.74, 6) is 0. The van der Waals surface area contributed by atoms with Gasteiger partial charge in [-0.2, -0.15) is 0 Å². The van der Waals surface area contributed by atoms with E-state index in [4.69, 9.17) is 0 Å². The number of hydrogen-bond donors (Lipinski definition) is 0. The van der Waals surface area contributed by atoms with Gasteiger partial charge in [-0.15, -0.1) is 0 Å². The molecule has 0 aliphatic rings. The molecule has 0 spiro atoms. The Labute approximate surface area is 81.1 Å². The Morgan fingerprint density at radius 1 is 1.58 bits per heavy atom. The van der Waals surface area contributed by atoms with Crippen LogP contribution in [-0.2, 0) is 0 Å². The van der Waals surface area contributed by atoms with Crippen LogP contribution >= 0.6 is 22.6 Å². The maximum atomic E-state index is 12.2. The molecule has 2 nitrogen and oxygen atoms in total. The average molecular weight is 283 g/mol. The van der Waals surface area contributed by atoms with Crippen LogP contribution in [0.15, 0.2) is 12.3 Å². The number of aromatic nitrogens is 1. The highest BCUT2D eigenvalue weighted by molar-refractivity contribution is 14.1. The van der Waals surface area contributed by atoms with Gasteiger partial charge in [-0.05, 0) is 28.7 Å². The number of carbonyl (C=O) groups is 1. The fourth-order valence-corrected chi connectivity index (χ4v) is 1.21. The van der Waals surface area contributed by atoms with Gasteiger partial charge in [0.25, 0.3) is 6.43 Å². The van der Waals surface area contributed by atoms with Gasteiger partial charge >= 0.3 is 0 Å². The predicted molar refractivity (Wildman–Crippen MR) is 47.3 cm³/mol. The molecule has 0 bridgehead atoms. The fraction of sp³-hybridized carbons (Fsp3) is 0.143. The van der Waals surface area contributed by atoms with Gasteiger partial charge in [0, 0.05) is 15.3 Å². The number of rotatable bonds is 2. The molecule has 0 atom stereocenters. The highest BCUT2D eigenvalue weighted by Crippen LogP contribution is 2.21. The second-order valence-electron chi connectivity index (χ2n) is 2.05. The number of aldehydes is 1. The molecule has 0 fully saturated rings. The first-order chi connectivity index (χ1) is 5.65. The molecule has 0 saturated carbocycles. The van der Waals surface area contributed by atoms with Crippen molar-refractivity contribution in [1.82, 2.24) is 4.98 Å². The molecular formula is C7H4F2INO. The minimum absolute atomic E-state index is 0.189. The van der Waals surface area contributed by atoms with Crippen molar-refractivity contribution in [3.8, 4) is 0 Å². The molecule has 1 aromatic heterocycles. The van der Waals surface area contributed by atoms with Crippen molar-refractivity contribution in [2.24, 2.45) is 0 Å². The smallest absolute Gasteiger partial charge is 0.266 e. The SMILES string of the molecule is O=Cc1ncc(I)cc1C(F)F. The van der Waals surface area contributed by atoms with Gasteiger partial charge in [0.1, 0.15) is 5.69 Å². The molecule has 1 rings (SSSR count). The Bertz CT molecular complexity index is 303. The third kappa shape index (κ3) is 1.96. The van der Waals surface area contributed by atoms with Crippen LogP contribution in [0.2, 0.25) is 0 Å². The Morgan fingerprint density at radius 3 is 2.75 bits per heavy atom. The van der Waals surface area contributed by atoms with E-state index in [0.29, 0.717) is 9.86 Å². The van der Waals surface area contributed by atoms with Crippen LogP contribution in [0.4, 0.5) is 8.78 Å². The number of halogens is 3. The molecule has 0 radical (unpaired) electrons. The zero-order valence-electron chi connectivity index (χ0n) is 5.80. The summed E-state index contributed by atoms with van der Waals surface area (Å²) < 4.78 is 25.0. The highest BCUT2D eigenvalue weighted by atomic mass is 127. The number of alkyl halides is 2. The molecule has 0 amide bonds. The molecule has 0 aromatic carbocycles. The van der Waals surface area contributed by atoms with Crippen molar-refractivity contribution >= 4 is 28.9 Å². The largest absolute Gasteiger partial charge is 0.296 e. The highest BCUT2D eigenvalue weighted by Gasteiger charge is 2.13. The first-order valence-corrected chi connectivity index (χ1v) is 4.12. The van der Waals surface area contributed by atoms with E-state index in [-0.39, 0.29) is 11.3 Å². The van der Waals surface area contributed by atoms with Crippen molar-refractivity contribution < 1.29 is 13.6 Å². The van der Waals surface area contributed by atoms with Gasteiger partial charge in [-0.25, -0.2) is 8.78 Å². The monoisotopic (exact) mass is 283 g/mol. The maximum absolute atomic E-state index is 12.2. The van der Waals surface area contributed by atoms with Crippen molar-refractivity contribution in [3.63, 3.8) is 0 Å². The van der Waals surface area contributed by atoms with E-state index in [1.54, 1.807) is 0 Å². The lowest BCUT2D eigenvalue weighted by Gasteiger charge is -2.01. The van der Waals surface area contributed by atoms with E-state index in [0.717, 1.165) is 0 Å². The Morgan fingerprint density at radius 2 is 2.25 bits per heavy atom. The number of nitrogens with zero attached hydrogens (tertiary/aromatic N) is 1. The zero-order valence-corrected chi connectivity index (χ0v) is 7.96. The van der Waals surface area contributed by atoms with Crippen molar-refractivity contribution in [2.75, 3.05) is 0 Å². The first kappa shape index (κ1) is 9.50. The summed E-state index contributed by atoms with van der Waals surface area (Å²) in [6.45, 7) is 0. The average Bonchev–Trinajstić information content (AvgIpc) is 2.04. The molecular weight excluding hydrogens is 279 g/mol. The molecule has 1 aromatic rings. The topological polar surface area (TPSA) is 30.0 Å². The van der Waals surface area contributed by atoms with E-state index < -0.39 is 6.43 Å². The van der Waals surface area contributed by atoms with Crippen LogP contribution in [0, 0.1) is 3.57 Å². The van der Waals surface area contributed by atoms with Gasteiger partial charge in [-0.1, -0.05) is 0 Å². The maximum Gasteiger partial charge on any atom is 0.266 e. The standard InChI is InChI=1S/C7H4F2INO/c8-7(9)5-1-4(10)2-11-6(5)3-12/h1-3,7H. The van der Waals surface area contributed by atoms with Gasteiger partial charge in [-0.3, -0.25) is 9.78 Å². The third-order valence-electron chi connectivity index (χ3n) is 1.26. The molecule has 0 N–H and O–H groups in total. The van der Waals surface area contributed by atoms with Gasteiger partial charge in [0.2, 0.25) is 0 Å². The lowest BCUT2D eigenvalue weighted by molar-refractivity contribution is 0.110. The first-order valence-electron chi connectivity index (χ1n) is 3.04. The second kappa shape index (κ2) is 3.88. The lowest BCUT2D eigenvalue weighted by Crippen LogP contribution is -1.97. The third-order valence-corrected chi connectivity index (χ3v) is 1.85. The van der Waals surface area contributed by atoms with E-state index in [1.165, 1.54) is 12.3 Å². The van der Waals surface area contributed by atoms with Crippen LogP contribution in [0.25, 0.3) is 0 Å². The molecule has 64 valence electrons. The molecule has 1 heterocycles. The normalized spacial score (nSPS) is 10.3. The zero-order chi connectivity index (χ0) is 9.14. The van der Waals surface area contributed by atoms with Gasteiger partial charge in [0.15, 0.2) is 6.29 Å². The fourth-order valence-electron chi connectivity index (χ4n) is 0.739. The second-order valence-corrected chi connectivity index (χ2v) is 3.29. The van der Waals surface area contributed by atoms with Crippen molar-refractivity contribution in [1.29, 1.82) is 0 Å². The minimum Gasteiger partial charge on any atom is -0.296 e. The summed E-state index contributed by atoms with van der Waals surface area (Å²) in [6.07, 6.45) is -0.944. The number of pyridine rings is 1. The molecule has 0 aliphatic carbocycles. The van der Waals surface area contributed by atoms with Gasteiger partial charge in [0.05, 0.1) is 0 Å². The minimum atomic E-state index is -2.65. The van der Waals surface area contributed by atoms with Crippen LogP contribution in [0.3, 0.4) is 0 Å². The lowest BCUT2D eigenvalue weighted by atomic mass is 10.2. The van der Waals surface area contributed by atoms with Crippen LogP contribution in [-0.4, -0.2) is 11.3 Å². The van der Waals surface area contributed by atoms with Gasteiger partial charge < -0.3 is 0 Å². The van der Waals surface area contributed by atoms with E-state index in [1.807, 2.05) is 22.6 Å². The summed E-state index contributed by atoms with van der Waals surface area (Å²) in [6, 6.07) is 1.25. The van der Waals surface area contributed by atoms with Crippen molar-refractivity contribution in [2.45, 2.75) is 6.43 Å². The Kier molecular flexibility index (Phi) is 3.07. The van der Waals surface area contributed by atoms with E-state index in [2.05, 4.69) is 4.98 Å². The molecule has 0 unspecified atom stereocenters. The van der Waals surface area contributed by atoms with Crippen LogP contribution in [0.1, 0.15) is 22.5 Å². The Hall–Kier alpha value is -0.590. The van der Waals surface area contributed by atoms with Crippen LogP contribution in [0.5, 0.6) is 0 Å². The summed E-state index contributed by atoms with van der Waals surface area (Å²) in [5.41, 5.74) is -0.498. The van der Waals surface area contributed by atoms with E-state index >= 15 is 0 Å². The summed E-state index contributed by atoms with van der Waals surface area (Å²) in [5, 5.41) is 0. The number of hydrogen-bond acceptors (Lipinski definition) is 2. The van der Waals surface area contributed by atoms with E-state index in [9.17, 15) is 13.6 Å². The molecule has 12 heavy (non-hydrogen) atoms.